The van der Waals surface area contributed by atoms with Crippen molar-refractivity contribution in [2.24, 2.45) is 0 Å². The first-order valence-electron chi connectivity index (χ1n) is 7.05. The van der Waals surface area contributed by atoms with E-state index in [1.165, 1.54) is 21.8 Å². The van der Waals surface area contributed by atoms with Gasteiger partial charge in [-0.1, -0.05) is 6.07 Å². The average Bonchev–Trinajstić information content (AvgIpc) is 3.22. The molecule has 0 saturated heterocycles. The van der Waals surface area contributed by atoms with E-state index < -0.39 is 0 Å². The van der Waals surface area contributed by atoms with Crippen LogP contribution >= 0.6 is 22.7 Å². The number of carbonyl (C=O) groups is 1. The number of aryl methyl sites for hydroxylation is 1. The zero-order chi connectivity index (χ0) is 15.5. The van der Waals surface area contributed by atoms with Gasteiger partial charge in [-0.15, -0.1) is 11.3 Å². The number of nitrogens with zero attached hydrogens (tertiary/aromatic N) is 2. The van der Waals surface area contributed by atoms with Crippen LogP contribution in [0.5, 0.6) is 0 Å². The molecule has 114 valence electrons. The molecule has 4 nitrogen and oxygen atoms in total. The largest absolute Gasteiger partial charge is 0.350 e. The van der Waals surface area contributed by atoms with Gasteiger partial charge in [0, 0.05) is 33.6 Å². The molecule has 22 heavy (non-hydrogen) atoms. The summed E-state index contributed by atoms with van der Waals surface area (Å²) in [6.45, 7) is 5.35. The molecule has 0 saturated carbocycles. The maximum absolute atomic E-state index is 11.9. The lowest BCUT2D eigenvalue weighted by molar-refractivity contribution is 0.0952. The van der Waals surface area contributed by atoms with Crippen molar-refractivity contribution in [3.05, 3.63) is 51.3 Å². The summed E-state index contributed by atoms with van der Waals surface area (Å²) in [6.07, 6.45) is 0. The summed E-state index contributed by atoms with van der Waals surface area (Å²) >= 11 is 3.25. The third-order valence-electron chi connectivity index (χ3n) is 3.54. The summed E-state index contributed by atoms with van der Waals surface area (Å²) in [5.41, 5.74) is 4.10. The van der Waals surface area contributed by atoms with E-state index in [2.05, 4.69) is 34.9 Å². The SMILES string of the molecule is Cc1nn(CCNC(=O)c2ccsc2)c(C)c1-c1cccs1. The second-order valence-corrected chi connectivity index (χ2v) is 6.74. The predicted molar refractivity (Wildman–Crippen MR) is 91.7 cm³/mol. The minimum absolute atomic E-state index is 0.0266. The first-order chi connectivity index (χ1) is 10.7. The van der Waals surface area contributed by atoms with E-state index in [-0.39, 0.29) is 5.91 Å². The zero-order valence-electron chi connectivity index (χ0n) is 12.5. The first kappa shape index (κ1) is 15.0. The molecule has 1 N–H and O–H groups in total. The van der Waals surface area contributed by atoms with Crippen molar-refractivity contribution >= 4 is 28.6 Å². The van der Waals surface area contributed by atoms with Gasteiger partial charge in [0.15, 0.2) is 0 Å². The molecule has 0 unspecified atom stereocenters. The monoisotopic (exact) mass is 331 g/mol. The van der Waals surface area contributed by atoms with E-state index in [1.807, 2.05) is 28.4 Å². The van der Waals surface area contributed by atoms with Crippen molar-refractivity contribution in [2.45, 2.75) is 20.4 Å². The summed E-state index contributed by atoms with van der Waals surface area (Å²) in [4.78, 5) is 13.1. The van der Waals surface area contributed by atoms with E-state index in [0.717, 1.165) is 17.0 Å². The Morgan fingerprint density at radius 1 is 1.32 bits per heavy atom. The Kier molecular flexibility index (Phi) is 4.40. The third-order valence-corrected chi connectivity index (χ3v) is 5.11. The van der Waals surface area contributed by atoms with Crippen molar-refractivity contribution in [1.82, 2.24) is 15.1 Å². The average molecular weight is 331 g/mol. The maximum Gasteiger partial charge on any atom is 0.252 e. The Balaban J connectivity index is 1.66. The van der Waals surface area contributed by atoms with Crippen LogP contribution in [0.1, 0.15) is 21.7 Å². The van der Waals surface area contributed by atoms with Crippen LogP contribution in [0.25, 0.3) is 10.4 Å². The number of rotatable bonds is 5. The van der Waals surface area contributed by atoms with Crippen LogP contribution in [-0.4, -0.2) is 22.2 Å². The molecule has 0 atom stereocenters. The molecule has 6 heteroatoms. The number of aromatic nitrogens is 2. The Morgan fingerprint density at radius 3 is 2.86 bits per heavy atom. The van der Waals surface area contributed by atoms with Crippen molar-refractivity contribution in [3.8, 4) is 10.4 Å². The Labute approximate surface area is 137 Å². The highest BCUT2D eigenvalue weighted by Gasteiger charge is 2.14. The van der Waals surface area contributed by atoms with Gasteiger partial charge in [-0.2, -0.15) is 16.4 Å². The maximum atomic E-state index is 11.9. The van der Waals surface area contributed by atoms with Gasteiger partial charge in [0.05, 0.1) is 12.2 Å². The fraction of sp³-hybridized carbons (Fsp3) is 0.250. The molecular weight excluding hydrogens is 314 g/mol. The normalized spacial score (nSPS) is 10.8. The van der Waals surface area contributed by atoms with Crippen LogP contribution < -0.4 is 5.32 Å². The molecule has 3 heterocycles. The van der Waals surface area contributed by atoms with Crippen molar-refractivity contribution in [2.75, 3.05) is 6.54 Å². The van der Waals surface area contributed by atoms with Crippen LogP contribution in [0.15, 0.2) is 34.3 Å². The van der Waals surface area contributed by atoms with Crippen LogP contribution in [0.3, 0.4) is 0 Å². The van der Waals surface area contributed by atoms with Crippen molar-refractivity contribution in [1.29, 1.82) is 0 Å². The standard InChI is InChI=1S/C16H17N3OS2/c1-11-15(14-4-3-8-22-14)12(2)19(18-11)7-6-17-16(20)13-5-9-21-10-13/h3-5,8-10H,6-7H2,1-2H3,(H,17,20). The number of hydrogen-bond acceptors (Lipinski definition) is 4. The molecule has 0 spiro atoms. The summed E-state index contributed by atoms with van der Waals surface area (Å²) in [5, 5.41) is 13.4. The molecule has 0 aromatic carbocycles. The molecule has 0 aliphatic heterocycles. The van der Waals surface area contributed by atoms with E-state index in [4.69, 9.17) is 0 Å². The Hall–Kier alpha value is -1.92. The summed E-state index contributed by atoms with van der Waals surface area (Å²) in [5.74, 6) is -0.0266. The van der Waals surface area contributed by atoms with Gasteiger partial charge >= 0.3 is 0 Å². The van der Waals surface area contributed by atoms with Gasteiger partial charge in [-0.05, 0) is 36.7 Å². The molecule has 3 rings (SSSR count). The lowest BCUT2D eigenvalue weighted by Gasteiger charge is -2.06. The number of nitrogens with one attached hydrogen (secondary N) is 1. The highest BCUT2D eigenvalue weighted by Crippen LogP contribution is 2.30. The molecule has 0 radical (unpaired) electrons. The van der Waals surface area contributed by atoms with Crippen LogP contribution in [0.2, 0.25) is 0 Å². The molecule has 1 amide bonds. The Morgan fingerprint density at radius 2 is 2.18 bits per heavy atom. The quantitative estimate of drug-likeness (QED) is 0.774. The van der Waals surface area contributed by atoms with E-state index in [9.17, 15) is 4.79 Å². The van der Waals surface area contributed by atoms with E-state index in [1.54, 1.807) is 11.3 Å². The zero-order valence-corrected chi connectivity index (χ0v) is 14.1. The fourth-order valence-corrected chi connectivity index (χ4v) is 3.97. The second kappa shape index (κ2) is 6.46. The number of thiophene rings is 2. The number of amides is 1. The van der Waals surface area contributed by atoms with E-state index in [0.29, 0.717) is 13.1 Å². The van der Waals surface area contributed by atoms with Crippen LogP contribution in [0, 0.1) is 13.8 Å². The molecular formula is C16H17N3OS2. The van der Waals surface area contributed by atoms with Crippen LogP contribution in [-0.2, 0) is 6.54 Å². The lowest BCUT2D eigenvalue weighted by Crippen LogP contribution is -2.27. The number of carbonyl (C=O) groups excluding carboxylic acids is 1. The Bertz CT molecular complexity index is 758. The molecule has 0 aliphatic carbocycles. The summed E-state index contributed by atoms with van der Waals surface area (Å²) < 4.78 is 1.97. The first-order valence-corrected chi connectivity index (χ1v) is 8.87. The van der Waals surface area contributed by atoms with Gasteiger partial charge in [0.1, 0.15) is 0 Å². The van der Waals surface area contributed by atoms with Gasteiger partial charge in [-0.3, -0.25) is 9.48 Å². The van der Waals surface area contributed by atoms with Gasteiger partial charge in [-0.25, -0.2) is 0 Å². The molecule has 0 aliphatic rings. The second-order valence-electron chi connectivity index (χ2n) is 5.01. The molecule has 0 bridgehead atoms. The summed E-state index contributed by atoms with van der Waals surface area (Å²) in [6, 6.07) is 6.00. The third kappa shape index (κ3) is 2.98. The van der Waals surface area contributed by atoms with E-state index >= 15 is 0 Å². The fourth-order valence-electron chi connectivity index (χ4n) is 2.46. The molecule has 3 aromatic rings. The van der Waals surface area contributed by atoms with Crippen molar-refractivity contribution < 1.29 is 4.79 Å². The smallest absolute Gasteiger partial charge is 0.252 e. The summed E-state index contributed by atoms with van der Waals surface area (Å²) in [7, 11) is 0. The lowest BCUT2D eigenvalue weighted by atomic mass is 10.1. The highest BCUT2D eigenvalue weighted by molar-refractivity contribution is 7.13. The van der Waals surface area contributed by atoms with Gasteiger partial charge < -0.3 is 5.32 Å². The topological polar surface area (TPSA) is 46.9 Å². The molecule has 0 fully saturated rings. The van der Waals surface area contributed by atoms with Gasteiger partial charge in [0.25, 0.3) is 5.91 Å². The highest BCUT2D eigenvalue weighted by atomic mass is 32.1. The minimum atomic E-state index is -0.0266. The van der Waals surface area contributed by atoms with Crippen molar-refractivity contribution in [3.63, 3.8) is 0 Å². The van der Waals surface area contributed by atoms with Crippen LogP contribution in [0.4, 0.5) is 0 Å². The number of hydrogen-bond donors (Lipinski definition) is 1. The van der Waals surface area contributed by atoms with Gasteiger partial charge in [0.2, 0.25) is 0 Å². The predicted octanol–water partition coefficient (Wildman–Crippen LogP) is 3.72. The molecule has 3 aromatic heterocycles. The minimum Gasteiger partial charge on any atom is -0.350 e.